The number of hydrogen-bond acceptors (Lipinski definition) is 4. The Hall–Kier alpha value is -3.08. The van der Waals surface area contributed by atoms with Crippen LogP contribution in [0.5, 0.6) is 0 Å². The van der Waals surface area contributed by atoms with E-state index in [1.54, 1.807) is 0 Å². The van der Waals surface area contributed by atoms with E-state index in [-0.39, 0.29) is 18.4 Å². The van der Waals surface area contributed by atoms with Crippen molar-refractivity contribution in [2.24, 2.45) is 5.92 Å². The molecule has 30 heavy (non-hydrogen) atoms. The highest BCUT2D eigenvalue weighted by molar-refractivity contribution is 5.82. The van der Waals surface area contributed by atoms with Crippen molar-refractivity contribution in [2.75, 3.05) is 6.61 Å². The van der Waals surface area contributed by atoms with Crippen LogP contribution in [0.1, 0.15) is 51.2 Å². The van der Waals surface area contributed by atoms with Crippen LogP contribution in [0.15, 0.2) is 60.4 Å². The molecular formula is C25H29NO4. The zero-order valence-corrected chi connectivity index (χ0v) is 18.0. The first-order valence-corrected chi connectivity index (χ1v) is 10.4. The van der Waals surface area contributed by atoms with Gasteiger partial charge in [-0.15, -0.1) is 0 Å². The lowest BCUT2D eigenvalue weighted by molar-refractivity contribution is -0.141. The molecule has 1 aliphatic carbocycles. The summed E-state index contributed by atoms with van der Waals surface area (Å²) in [5, 5.41) is 2.70. The minimum Gasteiger partial charge on any atom is -0.449 e. The molecule has 0 bridgehead atoms. The zero-order chi connectivity index (χ0) is 21.7. The number of allylic oxidation sites excluding steroid dienone is 1. The predicted molar refractivity (Wildman–Crippen MR) is 117 cm³/mol. The van der Waals surface area contributed by atoms with Crippen LogP contribution in [0, 0.1) is 5.92 Å². The number of alkyl carbamates (subject to hydrolysis) is 1. The molecule has 0 spiro atoms. The molecule has 3 rings (SSSR count). The van der Waals surface area contributed by atoms with E-state index in [9.17, 15) is 9.59 Å². The van der Waals surface area contributed by atoms with Gasteiger partial charge in [0.05, 0.1) is 6.26 Å². The molecule has 5 heteroatoms. The second-order valence-electron chi connectivity index (χ2n) is 7.97. The molecule has 1 aliphatic rings. The minimum atomic E-state index is -0.763. The average molecular weight is 408 g/mol. The van der Waals surface area contributed by atoms with E-state index in [2.05, 4.69) is 29.6 Å². The smallest absolute Gasteiger partial charge is 0.407 e. The highest BCUT2D eigenvalue weighted by Gasteiger charge is 2.31. The molecular weight excluding hydrogens is 378 g/mol. The molecule has 1 N–H and O–H groups in total. The van der Waals surface area contributed by atoms with Gasteiger partial charge in [0.25, 0.3) is 0 Å². The van der Waals surface area contributed by atoms with Crippen molar-refractivity contribution in [3.8, 4) is 11.1 Å². The van der Waals surface area contributed by atoms with Gasteiger partial charge in [0.1, 0.15) is 12.6 Å². The lowest BCUT2D eigenvalue weighted by Gasteiger charge is -2.22. The molecule has 0 fully saturated rings. The number of nitrogens with one attached hydrogen (secondary N) is 1. The van der Waals surface area contributed by atoms with Gasteiger partial charge in [0.2, 0.25) is 0 Å². The van der Waals surface area contributed by atoms with Crippen molar-refractivity contribution in [3.63, 3.8) is 0 Å². The van der Waals surface area contributed by atoms with E-state index >= 15 is 0 Å². The second-order valence-corrected chi connectivity index (χ2v) is 7.97. The van der Waals surface area contributed by atoms with Crippen molar-refractivity contribution in [1.82, 2.24) is 5.32 Å². The quantitative estimate of drug-likeness (QED) is 0.493. The number of ether oxygens (including phenoxy) is 2. The largest absolute Gasteiger partial charge is 0.449 e. The maximum atomic E-state index is 12.5. The summed E-state index contributed by atoms with van der Waals surface area (Å²) in [4.78, 5) is 25.0. The number of amides is 1. The Labute approximate surface area is 178 Å². The maximum Gasteiger partial charge on any atom is 0.407 e. The summed E-state index contributed by atoms with van der Waals surface area (Å²) in [6, 6.07) is 15.6. The molecule has 0 aromatic heterocycles. The van der Waals surface area contributed by atoms with Crippen molar-refractivity contribution < 1.29 is 19.1 Å². The Kier molecular flexibility index (Phi) is 6.93. The van der Waals surface area contributed by atoms with Gasteiger partial charge in [-0.3, -0.25) is 0 Å². The lowest BCUT2D eigenvalue weighted by Crippen LogP contribution is -2.46. The van der Waals surface area contributed by atoms with Crippen LogP contribution in [-0.2, 0) is 14.3 Å². The van der Waals surface area contributed by atoms with Gasteiger partial charge in [0, 0.05) is 5.92 Å². The summed E-state index contributed by atoms with van der Waals surface area (Å²) < 4.78 is 10.8. The third kappa shape index (κ3) is 4.73. The van der Waals surface area contributed by atoms with Crippen molar-refractivity contribution in [3.05, 3.63) is 71.5 Å². The molecule has 2 aromatic carbocycles. The summed E-state index contributed by atoms with van der Waals surface area (Å²) >= 11 is 0. The van der Waals surface area contributed by atoms with E-state index in [0.717, 1.165) is 23.1 Å². The molecule has 1 unspecified atom stereocenters. The third-order valence-corrected chi connectivity index (χ3v) is 5.49. The van der Waals surface area contributed by atoms with Crippen LogP contribution in [0.2, 0.25) is 0 Å². The van der Waals surface area contributed by atoms with Crippen LogP contribution in [-0.4, -0.2) is 24.7 Å². The molecule has 158 valence electrons. The summed E-state index contributed by atoms with van der Waals surface area (Å²) in [6.07, 6.45) is 1.51. The summed E-state index contributed by atoms with van der Waals surface area (Å²) in [6.45, 7) is 7.74. The molecule has 2 aromatic rings. The molecule has 0 aliphatic heterocycles. The first kappa shape index (κ1) is 21.6. The van der Waals surface area contributed by atoms with Gasteiger partial charge in [-0.25, -0.2) is 9.59 Å². The van der Waals surface area contributed by atoms with E-state index in [4.69, 9.17) is 9.47 Å². The van der Waals surface area contributed by atoms with Crippen molar-refractivity contribution >= 4 is 12.1 Å². The summed E-state index contributed by atoms with van der Waals surface area (Å²) in [7, 11) is 0. The molecule has 2 atom stereocenters. The first-order valence-electron chi connectivity index (χ1n) is 10.4. The van der Waals surface area contributed by atoms with Crippen LogP contribution in [0.4, 0.5) is 4.79 Å². The lowest BCUT2D eigenvalue weighted by atomic mass is 9.98. The number of benzene rings is 2. The Morgan fingerprint density at radius 3 is 2.13 bits per heavy atom. The number of carbonyl (C=O) groups excluding carboxylic acids is 2. The Balaban J connectivity index is 1.69. The van der Waals surface area contributed by atoms with Crippen LogP contribution in [0.3, 0.4) is 0 Å². The molecule has 0 radical (unpaired) electrons. The van der Waals surface area contributed by atoms with Gasteiger partial charge in [-0.2, -0.15) is 0 Å². The fraction of sp³-hybridized carbons (Fsp3) is 0.360. The highest BCUT2D eigenvalue weighted by atomic mass is 16.6. The number of rotatable bonds is 7. The maximum absolute atomic E-state index is 12.5. The normalized spacial score (nSPS) is 14.1. The Bertz CT molecular complexity index is 900. The van der Waals surface area contributed by atoms with Crippen molar-refractivity contribution in [1.29, 1.82) is 0 Å². The molecule has 1 amide bonds. The van der Waals surface area contributed by atoms with Gasteiger partial charge in [-0.1, -0.05) is 68.8 Å². The second kappa shape index (κ2) is 9.61. The highest BCUT2D eigenvalue weighted by Crippen LogP contribution is 2.44. The van der Waals surface area contributed by atoms with Gasteiger partial charge >= 0.3 is 12.1 Å². The van der Waals surface area contributed by atoms with E-state index in [1.165, 1.54) is 17.4 Å². The number of carbonyl (C=O) groups is 2. The number of esters is 1. The van der Waals surface area contributed by atoms with Crippen molar-refractivity contribution in [2.45, 2.75) is 46.1 Å². The summed E-state index contributed by atoms with van der Waals surface area (Å²) in [5.41, 5.74) is 5.50. The first-order chi connectivity index (χ1) is 14.4. The average Bonchev–Trinajstić information content (AvgIpc) is 3.07. The van der Waals surface area contributed by atoms with Crippen LogP contribution < -0.4 is 5.32 Å². The number of fused-ring (bicyclic) bond motifs is 3. The predicted octanol–water partition coefficient (Wildman–Crippen LogP) is 5.41. The minimum absolute atomic E-state index is 0.0252. The molecule has 0 saturated carbocycles. The zero-order valence-electron chi connectivity index (χ0n) is 18.0. The third-order valence-electron chi connectivity index (χ3n) is 5.49. The SMILES string of the molecule is CCC(C)[C@H](NC(=O)OCC1c2ccccc2-c2ccccc21)C(=O)OC=C(C)C. The van der Waals surface area contributed by atoms with E-state index < -0.39 is 18.1 Å². The summed E-state index contributed by atoms with van der Waals surface area (Å²) in [5.74, 6) is -0.592. The van der Waals surface area contributed by atoms with Crippen LogP contribution >= 0.6 is 0 Å². The molecule has 0 heterocycles. The fourth-order valence-corrected chi connectivity index (χ4v) is 3.69. The standard InChI is InChI=1S/C25H29NO4/c1-5-17(4)23(24(27)29-14-16(2)3)26-25(28)30-15-22-20-12-8-6-10-18(20)19-11-7-9-13-21(19)22/h6-14,17,22-23H,5,15H2,1-4H3,(H,26,28)/t17?,23-/m0/s1. The molecule has 5 nitrogen and oxygen atoms in total. The van der Waals surface area contributed by atoms with Gasteiger partial charge in [-0.05, 0) is 47.6 Å². The fourth-order valence-electron chi connectivity index (χ4n) is 3.69. The van der Waals surface area contributed by atoms with Gasteiger partial charge in [0.15, 0.2) is 0 Å². The topological polar surface area (TPSA) is 64.6 Å². The number of hydrogen-bond donors (Lipinski definition) is 1. The van der Waals surface area contributed by atoms with Gasteiger partial charge < -0.3 is 14.8 Å². The Morgan fingerprint density at radius 1 is 1.03 bits per heavy atom. The van der Waals surface area contributed by atoms with E-state index in [0.29, 0.717) is 0 Å². The van der Waals surface area contributed by atoms with Crippen LogP contribution in [0.25, 0.3) is 11.1 Å². The monoisotopic (exact) mass is 407 g/mol. The van der Waals surface area contributed by atoms with E-state index in [1.807, 2.05) is 52.0 Å². The Morgan fingerprint density at radius 2 is 1.60 bits per heavy atom. The molecule has 0 saturated heterocycles.